The molecule has 4 aliphatic rings. The molecule has 0 aromatic heterocycles. The van der Waals surface area contributed by atoms with Crippen molar-refractivity contribution in [1.29, 1.82) is 0 Å². The zero-order chi connectivity index (χ0) is 43.0. The molecule has 58 heavy (non-hydrogen) atoms. The van der Waals surface area contributed by atoms with Crippen molar-refractivity contribution in [1.82, 2.24) is 0 Å². The second kappa shape index (κ2) is 16.4. The summed E-state index contributed by atoms with van der Waals surface area (Å²) >= 11 is 0. The van der Waals surface area contributed by atoms with Gasteiger partial charge in [0, 0.05) is 22.3 Å². The van der Waals surface area contributed by atoms with Crippen LogP contribution in [0.4, 0.5) is 11.4 Å². The Morgan fingerprint density at radius 2 is 0.914 bits per heavy atom. The Kier molecular flexibility index (Phi) is 12.3. The van der Waals surface area contributed by atoms with Gasteiger partial charge in [0.1, 0.15) is 0 Å². The van der Waals surface area contributed by atoms with Crippen LogP contribution in [0.2, 0.25) is 0 Å². The van der Waals surface area contributed by atoms with Gasteiger partial charge in [0.2, 0.25) is 0 Å². The van der Waals surface area contributed by atoms with Gasteiger partial charge in [-0.1, -0.05) is 133 Å². The molecule has 0 bridgehead atoms. The Bertz CT molecular complexity index is 2180. The minimum atomic E-state index is -0.324. The van der Waals surface area contributed by atoms with Crippen LogP contribution < -0.4 is 10.0 Å². The molecule has 304 valence electrons. The first kappa shape index (κ1) is 43.6. The van der Waals surface area contributed by atoms with Crippen LogP contribution in [0.5, 0.6) is 0 Å². The summed E-state index contributed by atoms with van der Waals surface area (Å²) in [5, 5.41) is 11.9. The molecule has 0 N–H and O–H groups in total. The Labute approximate surface area is 345 Å². The predicted octanol–water partition coefficient (Wildman–Crippen LogP) is 11.2. The molecular formula is C50H60N4O4. The minimum Gasteiger partial charge on any atom is -0.289 e. The van der Waals surface area contributed by atoms with Gasteiger partial charge in [-0.15, -0.1) is 0 Å². The normalized spacial score (nSPS) is 18.0. The average molecular weight is 781 g/mol. The Morgan fingerprint density at radius 1 is 0.517 bits per heavy atom. The molecule has 2 amide bonds. The van der Waals surface area contributed by atoms with Crippen LogP contribution in [0.15, 0.2) is 140 Å². The van der Waals surface area contributed by atoms with E-state index in [1.165, 1.54) is 10.0 Å². The van der Waals surface area contributed by atoms with Gasteiger partial charge in [-0.25, -0.2) is 0 Å². The zero-order valence-corrected chi connectivity index (χ0v) is 36.7. The van der Waals surface area contributed by atoms with Crippen molar-refractivity contribution in [3.63, 3.8) is 0 Å². The van der Waals surface area contributed by atoms with E-state index in [4.69, 9.17) is 5.10 Å². The lowest BCUT2D eigenvalue weighted by molar-refractivity contribution is -0.115. The topological polar surface area (TPSA) is 99.5 Å². The Hall–Kier alpha value is -5.50. The number of hydrazone groups is 2. The fraction of sp³-hybridized carbons (Fsp3) is 0.400. The number of carbonyl (C=O) groups is 4. The van der Waals surface area contributed by atoms with E-state index < -0.39 is 0 Å². The van der Waals surface area contributed by atoms with Crippen LogP contribution in [0.3, 0.4) is 0 Å². The highest BCUT2D eigenvalue weighted by atomic mass is 16.2. The van der Waals surface area contributed by atoms with E-state index >= 15 is 0 Å². The molecule has 2 aromatic carbocycles. The number of unbranched alkanes of at least 4 members (excludes halogenated alkanes) is 1. The maximum atomic E-state index is 13.6. The molecule has 8 nitrogen and oxygen atoms in total. The fourth-order valence-corrected chi connectivity index (χ4v) is 7.07. The summed E-state index contributed by atoms with van der Waals surface area (Å²) in [4.78, 5) is 53.0. The van der Waals surface area contributed by atoms with E-state index in [2.05, 4.69) is 12.0 Å². The first-order valence-corrected chi connectivity index (χ1v) is 20.3. The summed E-state index contributed by atoms with van der Waals surface area (Å²) in [6.07, 6.45) is 11.8. The highest BCUT2D eigenvalue weighted by molar-refractivity contribution is 6.32. The summed E-state index contributed by atoms with van der Waals surface area (Å²) in [6.45, 7) is 26.5. The maximum absolute atomic E-state index is 13.6. The van der Waals surface area contributed by atoms with Gasteiger partial charge in [0.25, 0.3) is 11.8 Å². The standard InChI is InChI=1S/C27H34N2O2.C23H26N2O2/c1-8-9-15-22-23(25(31)29(28-22)19-13-11-10-12-14-19)18-16-20(26(2,3)4)24(30)21(17-18)27(5,6)7;1-22(2,3)18-12-15(13-19(20(18)26)23(4,5)6)17-14-24-25(21(17)27)16-10-8-7-9-11-16/h10-14,16-17H,8-9,15H2,1-7H3;7-14H,1-6H3. The van der Waals surface area contributed by atoms with Gasteiger partial charge in [-0.2, -0.15) is 20.2 Å². The highest BCUT2D eigenvalue weighted by Crippen LogP contribution is 2.42. The Balaban J connectivity index is 0.000000223. The first-order valence-electron chi connectivity index (χ1n) is 20.3. The lowest BCUT2D eigenvalue weighted by Gasteiger charge is -2.31. The first-order chi connectivity index (χ1) is 26.9. The van der Waals surface area contributed by atoms with Crippen molar-refractivity contribution < 1.29 is 19.2 Å². The van der Waals surface area contributed by atoms with Gasteiger partial charge in [0.15, 0.2) is 11.6 Å². The summed E-state index contributed by atoms with van der Waals surface area (Å²) in [6, 6.07) is 18.9. The predicted molar refractivity (Wildman–Crippen MR) is 238 cm³/mol. The number of hydrogen-bond acceptors (Lipinski definition) is 6. The monoisotopic (exact) mass is 780 g/mol. The molecule has 2 heterocycles. The molecule has 2 aliphatic heterocycles. The molecule has 0 spiro atoms. The van der Waals surface area contributed by atoms with Crippen LogP contribution in [-0.4, -0.2) is 35.3 Å². The molecule has 2 aromatic rings. The number of hydrogen-bond donors (Lipinski definition) is 0. The summed E-state index contributed by atoms with van der Waals surface area (Å²) in [5.74, 6) is -0.182. The van der Waals surface area contributed by atoms with E-state index in [1.54, 1.807) is 6.21 Å². The fourth-order valence-electron chi connectivity index (χ4n) is 7.07. The number of Topliss-reactive ketones (excluding diaryl/α,β-unsaturated/α-hetero) is 2. The quantitative estimate of drug-likeness (QED) is 0.282. The van der Waals surface area contributed by atoms with Crippen molar-refractivity contribution in [3.8, 4) is 0 Å². The van der Waals surface area contributed by atoms with Gasteiger partial charge >= 0.3 is 0 Å². The molecule has 0 unspecified atom stereocenters. The number of nitrogens with zero attached hydrogens (tertiary/aromatic N) is 4. The third-order valence-corrected chi connectivity index (χ3v) is 10.4. The lowest BCUT2D eigenvalue weighted by atomic mass is 9.71. The molecule has 6 rings (SSSR count). The highest BCUT2D eigenvalue weighted by Gasteiger charge is 2.39. The second-order valence-corrected chi connectivity index (χ2v) is 19.4. The number of benzene rings is 2. The molecule has 0 radical (unpaired) electrons. The molecule has 0 atom stereocenters. The number of ketones is 2. The lowest BCUT2D eigenvalue weighted by Crippen LogP contribution is -2.29. The molecule has 0 saturated heterocycles. The summed E-state index contributed by atoms with van der Waals surface area (Å²) in [7, 11) is 0. The number of allylic oxidation sites excluding steroid dienone is 10. The smallest absolute Gasteiger partial charge is 0.281 e. The molecule has 8 heteroatoms. The van der Waals surface area contributed by atoms with Crippen LogP contribution in [0.1, 0.15) is 109 Å². The van der Waals surface area contributed by atoms with E-state index in [-0.39, 0.29) is 45.0 Å². The van der Waals surface area contributed by atoms with Gasteiger partial charge in [-0.05, 0) is 94.2 Å². The van der Waals surface area contributed by atoms with Crippen LogP contribution in [-0.2, 0) is 19.2 Å². The number of carbonyl (C=O) groups excluding carboxylic acids is 4. The van der Waals surface area contributed by atoms with E-state index in [1.807, 2.05) is 168 Å². The van der Waals surface area contributed by atoms with E-state index in [0.717, 1.165) is 69.8 Å². The number of rotatable bonds is 5. The molecule has 0 fully saturated rings. The van der Waals surface area contributed by atoms with Crippen molar-refractivity contribution in [2.24, 2.45) is 31.9 Å². The van der Waals surface area contributed by atoms with Gasteiger partial charge in [0.05, 0.1) is 34.4 Å². The minimum absolute atomic E-state index is 0.0571. The molecule has 0 saturated carbocycles. The third-order valence-electron chi connectivity index (χ3n) is 10.4. The maximum Gasteiger partial charge on any atom is 0.281 e. The van der Waals surface area contributed by atoms with E-state index in [9.17, 15) is 19.2 Å². The van der Waals surface area contributed by atoms with Crippen LogP contribution in [0.25, 0.3) is 0 Å². The Morgan fingerprint density at radius 3 is 1.31 bits per heavy atom. The molecular weight excluding hydrogens is 721 g/mol. The average Bonchev–Trinajstić information content (AvgIpc) is 3.69. The van der Waals surface area contributed by atoms with Crippen molar-refractivity contribution in [2.75, 3.05) is 10.0 Å². The van der Waals surface area contributed by atoms with Crippen LogP contribution in [0, 0.1) is 21.7 Å². The third kappa shape index (κ3) is 9.28. The largest absolute Gasteiger partial charge is 0.289 e. The van der Waals surface area contributed by atoms with Crippen LogP contribution >= 0.6 is 0 Å². The van der Waals surface area contributed by atoms with E-state index in [0.29, 0.717) is 11.1 Å². The van der Waals surface area contributed by atoms with Gasteiger partial charge < -0.3 is 0 Å². The number of para-hydroxylation sites is 2. The van der Waals surface area contributed by atoms with Gasteiger partial charge in [-0.3, -0.25) is 19.2 Å². The second-order valence-electron chi connectivity index (χ2n) is 19.4. The van der Waals surface area contributed by atoms with Crippen molar-refractivity contribution in [2.45, 2.75) is 109 Å². The molecule has 2 aliphatic carbocycles. The number of amides is 2. The SMILES string of the molecule is CC(C)(C)C1=CC(=C2C=NN(c3ccccc3)C2=O)C=C(C(C)(C)C)C1=O.CCCCC1=NN(c2ccccc2)C(=O)C1=C1C=C(C(C)(C)C)C(=O)C(C(C)(C)C)=C1. The number of anilines is 2. The van der Waals surface area contributed by atoms with Crippen molar-refractivity contribution >= 4 is 46.7 Å². The summed E-state index contributed by atoms with van der Waals surface area (Å²) in [5.41, 5.74) is 6.59. The van der Waals surface area contributed by atoms with Crippen molar-refractivity contribution in [3.05, 3.63) is 130 Å². The zero-order valence-electron chi connectivity index (χ0n) is 36.7. The summed E-state index contributed by atoms with van der Waals surface area (Å²) < 4.78 is 0.